The number of aromatic nitrogens is 2. The van der Waals surface area contributed by atoms with Gasteiger partial charge in [-0.05, 0) is 57.4 Å². The number of carbonyl (C=O) groups is 1. The van der Waals surface area contributed by atoms with Crippen molar-refractivity contribution in [3.63, 3.8) is 0 Å². The van der Waals surface area contributed by atoms with Gasteiger partial charge in [-0.25, -0.2) is 0 Å². The van der Waals surface area contributed by atoms with Crippen molar-refractivity contribution >= 4 is 17.3 Å². The van der Waals surface area contributed by atoms with Gasteiger partial charge in [0.2, 0.25) is 5.91 Å². The molecule has 1 aliphatic rings. The first-order valence-corrected chi connectivity index (χ1v) is 8.68. The topological polar surface area (TPSA) is 50.2 Å². The first kappa shape index (κ1) is 16.6. The van der Waals surface area contributed by atoms with Crippen molar-refractivity contribution in [3.05, 3.63) is 41.2 Å². The molecule has 1 aliphatic heterocycles. The van der Waals surface area contributed by atoms with Gasteiger partial charge >= 0.3 is 0 Å². The molecule has 1 amide bonds. The molecule has 0 atom stereocenters. The number of nitrogens with zero attached hydrogens (tertiary/aromatic N) is 3. The maximum absolute atomic E-state index is 12.3. The lowest BCUT2D eigenvalue weighted by Gasteiger charge is -2.28. The Bertz CT molecular complexity index is 712. The quantitative estimate of drug-likeness (QED) is 0.938. The highest BCUT2D eigenvalue weighted by Crippen LogP contribution is 2.22. The number of hydrogen-bond donors (Lipinski definition) is 1. The smallest absolute Gasteiger partial charge is 0.228 e. The van der Waals surface area contributed by atoms with Gasteiger partial charge < -0.3 is 10.2 Å². The monoisotopic (exact) mass is 326 g/mol. The molecule has 128 valence electrons. The first-order chi connectivity index (χ1) is 11.5. The number of hydrogen-bond acceptors (Lipinski definition) is 3. The van der Waals surface area contributed by atoms with E-state index in [9.17, 15) is 4.79 Å². The summed E-state index contributed by atoms with van der Waals surface area (Å²) in [5.74, 6) is -0.0000718. The normalized spacial score (nSPS) is 14.7. The molecule has 0 radical (unpaired) electrons. The fourth-order valence-corrected chi connectivity index (χ4v) is 3.35. The summed E-state index contributed by atoms with van der Waals surface area (Å²) in [6, 6.07) is 8.18. The lowest BCUT2D eigenvalue weighted by molar-refractivity contribution is -0.115. The number of benzene rings is 1. The maximum atomic E-state index is 12.3. The van der Waals surface area contributed by atoms with Crippen molar-refractivity contribution in [3.8, 4) is 0 Å². The third kappa shape index (κ3) is 3.61. The molecule has 0 bridgehead atoms. The number of anilines is 2. The second-order valence-corrected chi connectivity index (χ2v) is 6.59. The first-order valence-electron chi connectivity index (χ1n) is 8.68. The fourth-order valence-electron chi connectivity index (χ4n) is 3.35. The number of amides is 1. The van der Waals surface area contributed by atoms with Gasteiger partial charge in [-0.15, -0.1) is 0 Å². The molecule has 1 aromatic heterocycles. The average Bonchev–Trinajstić information content (AvgIpc) is 2.82. The predicted octanol–water partition coefficient (Wildman–Crippen LogP) is 3.21. The van der Waals surface area contributed by atoms with Crippen LogP contribution in [0, 0.1) is 13.8 Å². The molecule has 5 heteroatoms. The van der Waals surface area contributed by atoms with Gasteiger partial charge in [0.1, 0.15) is 0 Å². The van der Waals surface area contributed by atoms with Crippen molar-refractivity contribution in [2.45, 2.75) is 39.5 Å². The Balaban J connectivity index is 1.62. The van der Waals surface area contributed by atoms with Gasteiger partial charge in [0.05, 0.1) is 12.1 Å². The summed E-state index contributed by atoms with van der Waals surface area (Å²) < 4.78 is 1.82. The lowest BCUT2D eigenvalue weighted by atomic mass is 10.1. The van der Waals surface area contributed by atoms with E-state index >= 15 is 0 Å². The largest absolute Gasteiger partial charge is 0.372 e. The SMILES string of the molecule is Cc1nn(C)c(C)c1CC(=O)Nc1ccc(N2CCCCC2)cc1. The summed E-state index contributed by atoms with van der Waals surface area (Å²) in [7, 11) is 1.91. The van der Waals surface area contributed by atoms with E-state index < -0.39 is 0 Å². The van der Waals surface area contributed by atoms with Crippen molar-refractivity contribution in [2.24, 2.45) is 7.05 Å². The Morgan fingerprint density at radius 1 is 1.12 bits per heavy atom. The van der Waals surface area contributed by atoms with Crippen LogP contribution in [0.3, 0.4) is 0 Å². The molecule has 2 aromatic rings. The van der Waals surface area contributed by atoms with Crippen LogP contribution >= 0.6 is 0 Å². The summed E-state index contributed by atoms with van der Waals surface area (Å²) in [5.41, 5.74) is 5.07. The van der Waals surface area contributed by atoms with E-state index in [1.54, 1.807) is 0 Å². The van der Waals surface area contributed by atoms with Crippen molar-refractivity contribution in [1.82, 2.24) is 9.78 Å². The maximum Gasteiger partial charge on any atom is 0.228 e. The molecule has 1 fully saturated rings. The van der Waals surface area contributed by atoms with Crippen LogP contribution in [0.5, 0.6) is 0 Å². The third-order valence-corrected chi connectivity index (χ3v) is 4.87. The fraction of sp³-hybridized carbons (Fsp3) is 0.474. The van der Waals surface area contributed by atoms with E-state index in [2.05, 4.69) is 27.4 Å². The Labute approximate surface area is 143 Å². The highest BCUT2D eigenvalue weighted by molar-refractivity contribution is 5.92. The molecular weight excluding hydrogens is 300 g/mol. The van der Waals surface area contributed by atoms with Crippen molar-refractivity contribution < 1.29 is 4.79 Å². The van der Waals surface area contributed by atoms with Crippen LogP contribution in [0.4, 0.5) is 11.4 Å². The molecule has 5 nitrogen and oxygen atoms in total. The predicted molar refractivity (Wildman–Crippen MR) is 97.5 cm³/mol. The van der Waals surface area contributed by atoms with Crippen LogP contribution in [-0.2, 0) is 18.3 Å². The molecule has 0 unspecified atom stereocenters. The molecular formula is C19H26N4O. The number of carbonyl (C=O) groups excluding carboxylic acids is 1. The van der Waals surface area contributed by atoms with Crippen LogP contribution in [0.15, 0.2) is 24.3 Å². The molecule has 1 saturated heterocycles. The minimum atomic E-state index is -0.0000718. The van der Waals surface area contributed by atoms with E-state index in [1.807, 2.05) is 37.7 Å². The molecule has 0 spiro atoms. The summed E-state index contributed by atoms with van der Waals surface area (Å²) in [6.45, 7) is 6.20. The van der Waals surface area contributed by atoms with Gasteiger partial charge in [0.25, 0.3) is 0 Å². The van der Waals surface area contributed by atoms with Crippen LogP contribution in [0.1, 0.15) is 36.2 Å². The minimum Gasteiger partial charge on any atom is -0.372 e. The zero-order valence-corrected chi connectivity index (χ0v) is 14.8. The molecule has 1 aromatic carbocycles. The second kappa shape index (κ2) is 7.07. The Kier molecular flexibility index (Phi) is 4.88. The van der Waals surface area contributed by atoms with E-state index in [0.717, 1.165) is 35.7 Å². The molecule has 1 N–H and O–H groups in total. The zero-order chi connectivity index (χ0) is 17.1. The van der Waals surface area contributed by atoms with Crippen LogP contribution in [0.25, 0.3) is 0 Å². The summed E-state index contributed by atoms with van der Waals surface area (Å²) in [5, 5.41) is 7.35. The van der Waals surface area contributed by atoms with Crippen LogP contribution in [-0.4, -0.2) is 28.8 Å². The number of nitrogens with one attached hydrogen (secondary N) is 1. The number of piperidine rings is 1. The van der Waals surface area contributed by atoms with Crippen molar-refractivity contribution in [1.29, 1.82) is 0 Å². The minimum absolute atomic E-state index is 0.0000718. The van der Waals surface area contributed by atoms with Crippen molar-refractivity contribution in [2.75, 3.05) is 23.3 Å². The lowest BCUT2D eigenvalue weighted by Crippen LogP contribution is -2.29. The van der Waals surface area contributed by atoms with Gasteiger partial charge in [-0.3, -0.25) is 9.48 Å². The van der Waals surface area contributed by atoms with Gasteiger partial charge in [-0.2, -0.15) is 5.10 Å². The number of rotatable bonds is 4. The van der Waals surface area contributed by atoms with Gasteiger partial charge in [-0.1, -0.05) is 0 Å². The van der Waals surface area contributed by atoms with Gasteiger partial charge in [0.15, 0.2) is 0 Å². The Hall–Kier alpha value is -2.30. The molecule has 0 aliphatic carbocycles. The standard InChI is InChI=1S/C19H26N4O/c1-14-18(15(2)22(3)21-14)13-19(24)20-16-7-9-17(10-8-16)23-11-5-4-6-12-23/h7-10H,4-6,11-13H2,1-3H3,(H,20,24). The summed E-state index contributed by atoms with van der Waals surface area (Å²) >= 11 is 0. The number of aryl methyl sites for hydroxylation is 2. The van der Waals surface area contributed by atoms with E-state index in [-0.39, 0.29) is 5.91 Å². The van der Waals surface area contributed by atoms with Crippen LogP contribution in [0.2, 0.25) is 0 Å². The van der Waals surface area contributed by atoms with E-state index in [4.69, 9.17) is 0 Å². The highest BCUT2D eigenvalue weighted by Gasteiger charge is 2.14. The molecule has 3 rings (SSSR count). The van der Waals surface area contributed by atoms with E-state index in [1.165, 1.54) is 24.9 Å². The third-order valence-electron chi connectivity index (χ3n) is 4.87. The average molecular weight is 326 g/mol. The Morgan fingerprint density at radius 2 is 1.79 bits per heavy atom. The molecule has 24 heavy (non-hydrogen) atoms. The van der Waals surface area contributed by atoms with E-state index in [0.29, 0.717) is 6.42 Å². The molecule has 0 saturated carbocycles. The zero-order valence-electron chi connectivity index (χ0n) is 14.8. The molecule has 2 heterocycles. The van der Waals surface area contributed by atoms with Gasteiger partial charge in [0, 0.05) is 42.8 Å². The highest BCUT2D eigenvalue weighted by atomic mass is 16.1. The second-order valence-electron chi connectivity index (χ2n) is 6.59. The van der Waals surface area contributed by atoms with Crippen LogP contribution < -0.4 is 10.2 Å². The Morgan fingerprint density at radius 3 is 2.38 bits per heavy atom. The summed E-state index contributed by atoms with van der Waals surface area (Å²) in [6.07, 6.45) is 4.22. The summed E-state index contributed by atoms with van der Waals surface area (Å²) in [4.78, 5) is 14.7.